The van der Waals surface area contributed by atoms with E-state index in [1.54, 1.807) is 12.3 Å². The molecule has 1 heterocycles. The van der Waals surface area contributed by atoms with E-state index < -0.39 is 0 Å². The lowest BCUT2D eigenvalue weighted by molar-refractivity contribution is 0.0940. The summed E-state index contributed by atoms with van der Waals surface area (Å²) in [5.41, 5.74) is 8.05. The van der Waals surface area contributed by atoms with Crippen LogP contribution in [0.15, 0.2) is 42.6 Å². The number of nitrogens with two attached hydrogens (primary N) is 1. The third-order valence-electron chi connectivity index (χ3n) is 2.95. The molecule has 0 atom stereocenters. The van der Waals surface area contributed by atoms with Crippen LogP contribution in [-0.2, 0) is 6.54 Å². The lowest BCUT2D eigenvalue weighted by Gasteiger charge is -2.12. The molecule has 4 heteroatoms. The van der Waals surface area contributed by atoms with E-state index in [1.165, 1.54) is 0 Å². The Hall–Kier alpha value is -2.23. The van der Waals surface area contributed by atoms with Gasteiger partial charge in [0, 0.05) is 18.8 Å². The first-order valence-electron chi connectivity index (χ1n) is 6.37. The summed E-state index contributed by atoms with van der Waals surface area (Å²) in [5, 5.41) is 2.91. The fourth-order valence-corrected chi connectivity index (χ4v) is 1.98. The zero-order chi connectivity index (χ0) is 13.8. The number of carbonyl (C=O) groups is 1. The van der Waals surface area contributed by atoms with Crippen molar-refractivity contribution in [3.63, 3.8) is 0 Å². The highest BCUT2D eigenvalue weighted by molar-refractivity contribution is 5.93. The predicted octanol–water partition coefficient (Wildman–Crippen LogP) is 2.58. The molecule has 0 fully saturated rings. The van der Waals surface area contributed by atoms with Gasteiger partial charge in [-0.3, -0.25) is 4.79 Å². The van der Waals surface area contributed by atoms with Crippen LogP contribution in [0, 0.1) is 0 Å². The number of hydrogen-bond donors (Lipinski definition) is 2. The fourth-order valence-electron chi connectivity index (χ4n) is 1.98. The maximum absolute atomic E-state index is 12.2. The monoisotopic (exact) mass is 257 g/mol. The molecule has 2 rings (SSSR count). The first-order valence-corrected chi connectivity index (χ1v) is 6.37. The molecule has 0 saturated carbocycles. The quantitative estimate of drug-likeness (QED) is 0.884. The minimum absolute atomic E-state index is 0.103. The largest absolute Gasteiger partial charge is 0.397 e. The fraction of sp³-hybridized carbons (Fsp3) is 0.267. The van der Waals surface area contributed by atoms with Gasteiger partial charge in [0.1, 0.15) is 5.69 Å². The Morgan fingerprint density at radius 1 is 1.32 bits per heavy atom. The van der Waals surface area contributed by atoms with Crippen molar-refractivity contribution in [1.82, 2.24) is 9.88 Å². The molecule has 2 aromatic rings. The number of nitrogens with zero attached hydrogens (tertiary/aromatic N) is 1. The van der Waals surface area contributed by atoms with Crippen LogP contribution in [0.25, 0.3) is 0 Å². The molecule has 0 radical (unpaired) electrons. The van der Waals surface area contributed by atoms with Gasteiger partial charge in [0.15, 0.2) is 0 Å². The van der Waals surface area contributed by atoms with Crippen LogP contribution in [0.1, 0.15) is 35.9 Å². The van der Waals surface area contributed by atoms with Crippen LogP contribution in [-0.4, -0.2) is 10.5 Å². The molecule has 0 bridgehead atoms. The summed E-state index contributed by atoms with van der Waals surface area (Å²) in [5.74, 6) is -0.103. The molecule has 0 aliphatic heterocycles. The Morgan fingerprint density at radius 3 is 2.63 bits per heavy atom. The van der Waals surface area contributed by atoms with Gasteiger partial charge < -0.3 is 15.6 Å². The van der Waals surface area contributed by atoms with Gasteiger partial charge in [-0.1, -0.05) is 30.3 Å². The average Bonchev–Trinajstić information content (AvgIpc) is 2.79. The minimum Gasteiger partial charge on any atom is -0.397 e. The highest BCUT2D eigenvalue weighted by Gasteiger charge is 2.14. The van der Waals surface area contributed by atoms with E-state index in [-0.39, 0.29) is 11.9 Å². The van der Waals surface area contributed by atoms with Gasteiger partial charge in [-0.25, -0.2) is 0 Å². The maximum Gasteiger partial charge on any atom is 0.268 e. The Balaban J connectivity index is 2.08. The van der Waals surface area contributed by atoms with E-state index >= 15 is 0 Å². The lowest BCUT2D eigenvalue weighted by Crippen LogP contribution is -2.25. The van der Waals surface area contributed by atoms with Crippen molar-refractivity contribution in [1.29, 1.82) is 0 Å². The van der Waals surface area contributed by atoms with E-state index in [0.717, 1.165) is 5.56 Å². The summed E-state index contributed by atoms with van der Waals surface area (Å²) < 4.78 is 1.88. The second kappa shape index (κ2) is 5.61. The van der Waals surface area contributed by atoms with Crippen molar-refractivity contribution in [2.75, 3.05) is 5.73 Å². The van der Waals surface area contributed by atoms with Crippen molar-refractivity contribution < 1.29 is 4.79 Å². The van der Waals surface area contributed by atoms with E-state index in [0.29, 0.717) is 17.9 Å². The number of nitrogens with one attached hydrogen (secondary N) is 1. The van der Waals surface area contributed by atoms with E-state index in [9.17, 15) is 4.79 Å². The number of aromatic nitrogens is 1. The van der Waals surface area contributed by atoms with Gasteiger partial charge in [-0.05, 0) is 25.5 Å². The normalized spacial score (nSPS) is 10.7. The van der Waals surface area contributed by atoms with Crippen LogP contribution in [0.2, 0.25) is 0 Å². The van der Waals surface area contributed by atoms with Crippen molar-refractivity contribution in [2.24, 2.45) is 0 Å². The predicted molar refractivity (Wildman–Crippen MR) is 76.8 cm³/mol. The van der Waals surface area contributed by atoms with Crippen molar-refractivity contribution in [2.45, 2.75) is 26.4 Å². The Bertz CT molecular complexity index is 558. The molecule has 0 aliphatic carbocycles. The maximum atomic E-state index is 12.2. The molecule has 1 aromatic heterocycles. The molecular weight excluding hydrogens is 238 g/mol. The molecule has 100 valence electrons. The molecule has 0 unspecified atom stereocenters. The first-order chi connectivity index (χ1) is 9.08. The topological polar surface area (TPSA) is 60.0 Å². The van der Waals surface area contributed by atoms with Crippen LogP contribution in [0.3, 0.4) is 0 Å². The highest BCUT2D eigenvalue weighted by Crippen LogP contribution is 2.16. The molecule has 1 aromatic carbocycles. The average molecular weight is 257 g/mol. The number of hydrogen-bond acceptors (Lipinski definition) is 2. The van der Waals surface area contributed by atoms with Crippen LogP contribution < -0.4 is 11.1 Å². The second-order valence-corrected chi connectivity index (χ2v) is 4.83. The molecule has 0 saturated heterocycles. The van der Waals surface area contributed by atoms with Crippen LogP contribution >= 0.6 is 0 Å². The molecular formula is C15H19N3O. The van der Waals surface area contributed by atoms with E-state index in [1.807, 2.05) is 48.7 Å². The van der Waals surface area contributed by atoms with Crippen molar-refractivity contribution >= 4 is 11.6 Å². The number of benzene rings is 1. The van der Waals surface area contributed by atoms with Gasteiger partial charge in [0.2, 0.25) is 0 Å². The minimum atomic E-state index is -0.103. The number of nitrogen functional groups attached to an aromatic ring is 1. The zero-order valence-electron chi connectivity index (χ0n) is 11.3. The SMILES string of the molecule is CC(C)n1cc(N)cc1C(=O)NCc1ccccc1. The van der Waals surface area contributed by atoms with Gasteiger partial charge in [0.25, 0.3) is 5.91 Å². The number of amides is 1. The smallest absolute Gasteiger partial charge is 0.268 e. The van der Waals surface area contributed by atoms with Crippen LogP contribution in [0.5, 0.6) is 0 Å². The number of rotatable bonds is 4. The zero-order valence-corrected chi connectivity index (χ0v) is 11.3. The van der Waals surface area contributed by atoms with Crippen molar-refractivity contribution in [3.05, 3.63) is 53.9 Å². The summed E-state index contributed by atoms with van der Waals surface area (Å²) in [7, 11) is 0. The van der Waals surface area contributed by atoms with Gasteiger partial charge in [0.05, 0.1) is 5.69 Å². The Kier molecular flexibility index (Phi) is 3.90. The summed E-state index contributed by atoms with van der Waals surface area (Å²) in [4.78, 5) is 12.2. The van der Waals surface area contributed by atoms with Gasteiger partial charge >= 0.3 is 0 Å². The van der Waals surface area contributed by atoms with Gasteiger partial charge in [-0.15, -0.1) is 0 Å². The molecule has 19 heavy (non-hydrogen) atoms. The molecule has 3 N–H and O–H groups in total. The molecule has 1 amide bonds. The lowest BCUT2D eigenvalue weighted by atomic mass is 10.2. The highest BCUT2D eigenvalue weighted by atomic mass is 16.1. The van der Waals surface area contributed by atoms with Gasteiger partial charge in [-0.2, -0.15) is 0 Å². The first kappa shape index (κ1) is 13.2. The van der Waals surface area contributed by atoms with E-state index in [4.69, 9.17) is 5.73 Å². The third-order valence-corrected chi connectivity index (χ3v) is 2.95. The summed E-state index contributed by atoms with van der Waals surface area (Å²) in [6, 6.07) is 11.7. The summed E-state index contributed by atoms with van der Waals surface area (Å²) in [6.45, 7) is 4.56. The molecule has 0 spiro atoms. The number of carbonyl (C=O) groups excluding carboxylic acids is 1. The van der Waals surface area contributed by atoms with Crippen molar-refractivity contribution in [3.8, 4) is 0 Å². The number of anilines is 1. The summed E-state index contributed by atoms with van der Waals surface area (Å²) >= 11 is 0. The van der Waals surface area contributed by atoms with Crippen LogP contribution in [0.4, 0.5) is 5.69 Å². The standard InChI is InChI=1S/C15H19N3O/c1-11(2)18-10-13(16)8-14(18)15(19)17-9-12-6-4-3-5-7-12/h3-8,10-11H,9,16H2,1-2H3,(H,17,19). The molecule has 0 aliphatic rings. The third kappa shape index (κ3) is 3.16. The van der Waals surface area contributed by atoms with E-state index in [2.05, 4.69) is 5.32 Å². The second-order valence-electron chi connectivity index (χ2n) is 4.83. The molecule has 4 nitrogen and oxygen atoms in total. The Labute approximate surface area is 113 Å². The Morgan fingerprint density at radius 2 is 2.00 bits per heavy atom. The summed E-state index contributed by atoms with van der Waals surface area (Å²) in [6.07, 6.45) is 1.79.